The first-order chi connectivity index (χ1) is 10.0. The second kappa shape index (κ2) is 7.07. The van der Waals surface area contributed by atoms with Crippen LogP contribution in [0.1, 0.15) is 30.4 Å². The Morgan fingerprint density at radius 2 is 1.90 bits per heavy atom. The smallest absolute Gasteiger partial charge is 0.309 e. The highest BCUT2D eigenvalue weighted by Gasteiger charge is 2.20. The second-order valence-corrected chi connectivity index (χ2v) is 5.51. The zero-order chi connectivity index (χ0) is 15.2. The standard InChI is InChI=1S/C17H21NO3/c1-12-8-13(2)10-15(9-12)18-16(19)11-21-17(20)14-6-4-3-5-7-14/h3-4,8-10,14H,5-7,11H2,1-2H3,(H,18,19)/t14-/m1/s1. The quantitative estimate of drug-likeness (QED) is 0.683. The monoisotopic (exact) mass is 287 g/mol. The van der Waals surface area contributed by atoms with Crippen molar-refractivity contribution in [3.05, 3.63) is 41.5 Å². The number of allylic oxidation sites excluding steroid dienone is 2. The minimum Gasteiger partial charge on any atom is -0.455 e. The van der Waals surface area contributed by atoms with Crippen molar-refractivity contribution in [3.8, 4) is 0 Å². The van der Waals surface area contributed by atoms with Gasteiger partial charge < -0.3 is 10.1 Å². The zero-order valence-electron chi connectivity index (χ0n) is 12.5. The van der Waals surface area contributed by atoms with E-state index in [1.807, 2.05) is 38.1 Å². The van der Waals surface area contributed by atoms with Gasteiger partial charge in [0.05, 0.1) is 5.92 Å². The Labute approximate surface area is 125 Å². The number of ether oxygens (including phenoxy) is 1. The molecule has 0 aromatic heterocycles. The van der Waals surface area contributed by atoms with Crippen LogP contribution >= 0.6 is 0 Å². The second-order valence-electron chi connectivity index (χ2n) is 5.51. The van der Waals surface area contributed by atoms with Crippen LogP contribution in [-0.2, 0) is 14.3 Å². The average molecular weight is 287 g/mol. The molecule has 112 valence electrons. The van der Waals surface area contributed by atoms with Gasteiger partial charge in [-0.25, -0.2) is 0 Å². The summed E-state index contributed by atoms with van der Waals surface area (Å²) >= 11 is 0. The van der Waals surface area contributed by atoms with Gasteiger partial charge in [0.25, 0.3) is 5.91 Å². The Morgan fingerprint density at radius 3 is 2.52 bits per heavy atom. The minimum absolute atomic E-state index is 0.107. The maximum absolute atomic E-state index is 11.8. The number of amides is 1. The van der Waals surface area contributed by atoms with Gasteiger partial charge in [0.15, 0.2) is 6.61 Å². The third kappa shape index (κ3) is 4.74. The van der Waals surface area contributed by atoms with E-state index in [-0.39, 0.29) is 24.4 Å². The number of carbonyl (C=O) groups is 2. The van der Waals surface area contributed by atoms with E-state index in [2.05, 4.69) is 11.4 Å². The third-order valence-corrected chi connectivity index (χ3v) is 3.45. The Balaban J connectivity index is 1.81. The van der Waals surface area contributed by atoms with Crippen LogP contribution in [0.4, 0.5) is 5.69 Å². The van der Waals surface area contributed by atoms with E-state index in [0.717, 1.165) is 29.7 Å². The largest absolute Gasteiger partial charge is 0.455 e. The number of anilines is 1. The number of hydrogen-bond acceptors (Lipinski definition) is 3. The van der Waals surface area contributed by atoms with Gasteiger partial charge in [-0.15, -0.1) is 0 Å². The molecule has 0 fully saturated rings. The van der Waals surface area contributed by atoms with Crippen LogP contribution in [0.2, 0.25) is 0 Å². The van der Waals surface area contributed by atoms with Crippen LogP contribution in [0.25, 0.3) is 0 Å². The topological polar surface area (TPSA) is 55.4 Å². The summed E-state index contributed by atoms with van der Waals surface area (Å²) in [5.74, 6) is -0.696. The van der Waals surface area contributed by atoms with Crippen LogP contribution < -0.4 is 5.32 Å². The summed E-state index contributed by atoms with van der Waals surface area (Å²) < 4.78 is 5.09. The number of hydrogen-bond donors (Lipinski definition) is 1. The van der Waals surface area contributed by atoms with Gasteiger partial charge in [0, 0.05) is 5.69 Å². The Kier molecular flexibility index (Phi) is 5.14. The summed E-state index contributed by atoms with van der Waals surface area (Å²) in [6.07, 6.45) is 6.46. The summed E-state index contributed by atoms with van der Waals surface area (Å²) in [6.45, 7) is 3.71. The highest BCUT2D eigenvalue weighted by atomic mass is 16.5. The van der Waals surface area contributed by atoms with Gasteiger partial charge >= 0.3 is 5.97 Å². The Morgan fingerprint density at radius 1 is 1.19 bits per heavy atom. The third-order valence-electron chi connectivity index (χ3n) is 3.45. The van der Waals surface area contributed by atoms with Crippen molar-refractivity contribution in [3.63, 3.8) is 0 Å². The normalized spacial score (nSPS) is 17.3. The van der Waals surface area contributed by atoms with E-state index >= 15 is 0 Å². The van der Waals surface area contributed by atoms with E-state index in [1.54, 1.807) is 0 Å². The molecule has 1 amide bonds. The van der Waals surface area contributed by atoms with Crippen LogP contribution in [0, 0.1) is 19.8 Å². The molecule has 1 aromatic rings. The molecule has 4 nitrogen and oxygen atoms in total. The molecule has 0 spiro atoms. The van der Waals surface area contributed by atoms with E-state index in [4.69, 9.17) is 4.74 Å². The molecule has 0 radical (unpaired) electrons. The van der Waals surface area contributed by atoms with Crippen molar-refractivity contribution in [2.45, 2.75) is 33.1 Å². The minimum atomic E-state index is -0.306. The maximum Gasteiger partial charge on any atom is 0.309 e. The molecule has 0 aliphatic heterocycles. The summed E-state index contributed by atoms with van der Waals surface area (Å²) in [7, 11) is 0. The van der Waals surface area contributed by atoms with Crippen LogP contribution in [-0.4, -0.2) is 18.5 Å². The van der Waals surface area contributed by atoms with Crippen LogP contribution in [0.5, 0.6) is 0 Å². The van der Waals surface area contributed by atoms with Gasteiger partial charge in [0.2, 0.25) is 0 Å². The number of nitrogens with one attached hydrogen (secondary N) is 1. The first-order valence-electron chi connectivity index (χ1n) is 7.24. The molecular formula is C17H21NO3. The lowest BCUT2D eigenvalue weighted by atomic mass is 9.95. The lowest BCUT2D eigenvalue weighted by molar-refractivity contribution is -0.151. The number of benzene rings is 1. The van der Waals surface area contributed by atoms with Crippen molar-refractivity contribution in [2.24, 2.45) is 5.92 Å². The van der Waals surface area contributed by atoms with Crippen molar-refractivity contribution >= 4 is 17.6 Å². The van der Waals surface area contributed by atoms with E-state index in [1.165, 1.54) is 0 Å². The van der Waals surface area contributed by atoms with Gasteiger partial charge in [-0.05, 0) is 56.4 Å². The Hall–Kier alpha value is -2.10. The summed E-state index contributed by atoms with van der Waals surface area (Å²) in [5, 5.41) is 2.75. The molecule has 0 heterocycles. The maximum atomic E-state index is 11.8. The van der Waals surface area contributed by atoms with Crippen molar-refractivity contribution in [1.82, 2.24) is 0 Å². The fraction of sp³-hybridized carbons (Fsp3) is 0.412. The molecule has 0 unspecified atom stereocenters. The predicted molar refractivity (Wildman–Crippen MR) is 82.0 cm³/mol. The molecule has 1 aliphatic rings. The number of esters is 1. The van der Waals surface area contributed by atoms with Crippen molar-refractivity contribution in [1.29, 1.82) is 0 Å². The zero-order valence-corrected chi connectivity index (χ0v) is 12.5. The summed E-state index contributed by atoms with van der Waals surface area (Å²) in [6, 6.07) is 5.81. The van der Waals surface area contributed by atoms with Crippen LogP contribution in [0.15, 0.2) is 30.4 Å². The highest BCUT2D eigenvalue weighted by Crippen LogP contribution is 2.19. The summed E-state index contributed by atoms with van der Waals surface area (Å²) in [4.78, 5) is 23.6. The molecule has 1 N–H and O–H groups in total. The molecule has 1 aromatic carbocycles. The molecule has 4 heteroatoms. The SMILES string of the molecule is Cc1cc(C)cc(NC(=O)COC(=O)[C@@H]2CC=CCC2)c1. The number of aryl methyl sites for hydroxylation is 2. The molecule has 0 saturated heterocycles. The molecule has 21 heavy (non-hydrogen) atoms. The molecule has 1 aliphatic carbocycles. The molecule has 0 bridgehead atoms. The lowest BCUT2D eigenvalue weighted by Gasteiger charge is -2.16. The Bertz CT molecular complexity index is 543. The number of rotatable bonds is 4. The van der Waals surface area contributed by atoms with Crippen molar-refractivity contribution in [2.75, 3.05) is 11.9 Å². The van der Waals surface area contributed by atoms with Gasteiger partial charge in [-0.2, -0.15) is 0 Å². The van der Waals surface area contributed by atoms with Gasteiger partial charge in [-0.1, -0.05) is 18.2 Å². The highest BCUT2D eigenvalue weighted by molar-refractivity contribution is 5.93. The van der Waals surface area contributed by atoms with Crippen LogP contribution in [0.3, 0.4) is 0 Å². The molecule has 0 saturated carbocycles. The fourth-order valence-electron chi connectivity index (χ4n) is 2.51. The predicted octanol–water partition coefficient (Wildman–Crippen LogP) is 3.14. The van der Waals surface area contributed by atoms with E-state index in [9.17, 15) is 9.59 Å². The summed E-state index contributed by atoms with van der Waals surface area (Å²) in [5.41, 5.74) is 2.89. The molecule has 2 rings (SSSR count). The van der Waals surface area contributed by atoms with Crippen molar-refractivity contribution < 1.29 is 14.3 Å². The number of carbonyl (C=O) groups excluding carboxylic acids is 2. The first-order valence-corrected chi connectivity index (χ1v) is 7.24. The molecule has 1 atom stereocenters. The van der Waals surface area contributed by atoms with Gasteiger partial charge in [0.1, 0.15) is 0 Å². The first kappa shape index (κ1) is 15.3. The van der Waals surface area contributed by atoms with Gasteiger partial charge in [-0.3, -0.25) is 9.59 Å². The molecular weight excluding hydrogens is 266 g/mol. The van der Waals surface area contributed by atoms with E-state index < -0.39 is 0 Å². The lowest BCUT2D eigenvalue weighted by Crippen LogP contribution is -2.25. The van der Waals surface area contributed by atoms with E-state index in [0.29, 0.717) is 6.42 Å². The fourth-order valence-corrected chi connectivity index (χ4v) is 2.51. The average Bonchev–Trinajstić information content (AvgIpc) is 2.44.